The van der Waals surface area contributed by atoms with Crippen molar-refractivity contribution in [1.29, 1.82) is 0 Å². The number of allylic oxidation sites excluding steroid dienone is 1. The number of phenols is 2. The van der Waals surface area contributed by atoms with Gasteiger partial charge in [0.2, 0.25) is 12.1 Å². The van der Waals surface area contributed by atoms with Crippen molar-refractivity contribution in [3.8, 4) is 11.5 Å². The van der Waals surface area contributed by atoms with Crippen LogP contribution >= 0.6 is 0 Å². The highest BCUT2D eigenvalue weighted by molar-refractivity contribution is 6.04. The number of carbonyl (C=O) groups excluding carboxylic acids is 1. The zero-order valence-electron chi connectivity index (χ0n) is 21.8. The highest BCUT2D eigenvalue weighted by atomic mass is 16.5. The smallest absolute Gasteiger partial charge is 0.323 e. The molecule has 198 valence electrons. The van der Waals surface area contributed by atoms with Crippen LogP contribution in [0.25, 0.3) is 0 Å². The number of amides is 2. The van der Waals surface area contributed by atoms with Gasteiger partial charge >= 0.3 is 6.03 Å². The Balaban J connectivity index is 1.35. The van der Waals surface area contributed by atoms with E-state index >= 15 is 0 Å². The molecule has 0 radical (unpaired) electrons. The van der Waals surface area contributed by atoms with Gasteiger partial charge in [-0.3, -0.25) is 0 Å². The standard InChI is InChI=1S/C30H29N5O4/c1-17-14-22-28(31-15-17)39-27(33-22)20-12-13-24(37)26-25(20)30(2,3)16-35(26)23-7-5-4-6-21(23)34-29(38)32-18-8-10-19(36)11-9-18/h4-15,22,28,36-37H,16H2,1-3H3,(H2,32,34,38). The van der Waals surface area contributed by atoms with Crippen LogP contribution in [0.5, 0.6) is 11.5 Å². The van der Waals surface area contributed by atoms with E-state index in [9.17, 15) is 15.0 Å². The molecule has 0 aromatic heterocycles. The number of hydrogen-bond acceptors (Lipinski definition) is 7. The zero-order chi connectivity index (χ0) is 27.3. The van der Waals surface area contributed by atoms with Crippen LogP contribution in [-0.2, 0) is 10.2 Å². The lowest BCUT2D eigenvalue weighted by Crippen LogP contribution is -2.27. The second-order valence-electron chi connectivity index (χ2n) is 10.6. The molecule has 3 aliphatic heterocycles. The van der Waals surface area contributed by atoms with Crippen molar-refractivity contribution in [2.75, 3.05) is 22.1 Å². The maximum Gasteiger partial charge on any atom is 0.323 e. The summed E-state index contributed by atoms with van der Waals surface area (Å²) in [4.78, 5) is 24.2. The molecule has 0 bridgehead atoms. The van der Waals surface area contributed by atoms with Gasteiger partial charge in [-0.05, 0) is 72.7 Å². The van der Waals surface area contributed by atoms with Crippen LogP contribution in [0.4, 0.5) is 27.5 Å². The van der Waals surface area contributed by atoms with E-state index in [1.807, 2.05) is 48.2 Å². The van der Waals surface area contributed by atoms with E-state index in [1.54, 1.807) is 24.4 Å². The normalized spacial score (nSPS) is 20.4. The topological polar surface area (TPSA) is 119 Å². The molecule has 9 nitrogen and oxygen atoms in total. The number of para-hydroxylation sites is 2. The molecule has 0 spiro atoms. The van der Waals surface area contributed by atoms with Crippen molar-refractivity contribution in [3.05, 3.63) is 83.4 Å². The van der Waals surface area contributed by atoms with Crippen LogP contribution in [0.3, 0.4) is 0 Å². The van der Waals surface area contributed by atoms with Gasteiger partial charge in [-0.1, -0.05) is 26.0 Å². The predicted molar refractivity (Wildman–Crippen MR) is 153 cm³/mol. The number of urea groups is 1. The van der Waals surface area contributed by atoms with Gasteiger partial charge in [0.25, 0.3) is 0 Å². The van der Waals surface area contributed by atoms with Crippen LogP contribution in [0.15, 0.2) is 82.3 Å². The summed E-state index contributed by atoms with van der Waals surface area (Å²) in [6.45, 7) is 6.78. The predicted octanol–water partition coefficient (Wildman–Crippen LogP) is 5.67. The SMILES string of the molecule is CC1=CC2N=C(c3ccc(O)c4c3C(C)(C)CN4c3ccccc3NC(=O)Nc3ccc(O)cc3)OC2N=C1. The summed E-state index contributed by atoms with van der Waals surface area (Å²) < 4.78 is 6.17. The second kappa shape index (κ2) is 9.20. The number of aliphatic imine (C=N–C) groups is 2. The minimum atomic E-state index is -0.426. The lowest BCUT2D eigenvalue weighted by molar-refractivity contribution is 0.215. The number of hydrogen-bond donors (Lipinski definition) is 4. The number of aromatic hydroxyl groups is 2. The van der Waals surface area contributed by atoms with Crippen LogP contribution in [0, 0.1) is 0 Å². The number of dihydropyridines is 1. The van der Waals surface area contributed by atoms with Crippen molar-refractivity contribution >= 4 is 40.9 Å². The molecule has 3 heterocycles. The lowest BCUT2D eigenvalue weighted by Gasteiger charge is -2.25. The van der Waals surface area contributed by atoms with Gasteiger partial charge in [-0.2, -0.15) is 0 Å². The molecular weight excluding hydrogens is 494 g/mol. The largest absolute Gasteiger partial charge is 0.508 e. The van der Waals surface area contributed by atoms with E-state index in [1.165, 1.54) is 12.1 Å². The molecule has 0 saturated heterocycles. The molecular formula is C30H29N5O4. The Bertz CT molecular complexity index is 1560. The van der Waals surface area contributed by atoms with E-state index in [0.717, 1.165) is 22.4 Å². The van der Waals surface area contributed by atoms with E-state index in [0.29, 0.717) is 29.5 Å². The van der Waals surface area contributed by atoms with Crippen molar-refractivity contribution in [1.82, 2.24) is 0 Å². The van der Waals surface area contributed by atoms with Gasteiger partial charge in [-0.15, -0.1) is 0 Å². The zero-order valence-corrected chi connectivity index (χ0v) is 21.8. The molecule has 2 atom stereocenters. The fourth-order valence-corrected chi connectivity index (χ4v) is 5.41. The number of nitrogens with zero attached hydrogens (tertiary/aromatic N) is 3. The number of anilines is 4. The third-order valence-corrected chi connectivity index (χ3v) is 7.10. The van der Waals surface area contributed by atoms with Gasteiger partial charge < -0.3 is 30.5 Å². The van der Waals surface area contributed by atoms with Crippen LogP contribution in [0.2, 0.25) is 0 Å². The molecule has 3 aliphatic rings. The summed E-state index contributed by atoms with van der Waals surface area (Å²) in [5, 5.41) is 26.3. The van der Waals surface area contributed by atoms with Crippen LogP contribution < -0.4 is 15.5 Å². The fraction of sp³-hybridized carbons (Fsp3) is 0.233. The summed E-state index contributed by atoms with van der Waals surface area (Å²) >= 11 is 0. The Kier molecular flexibility index (Phi) is 5.79. The number of nitrogens with one attached hydrogen (secondary N) is 2. The molecule has 0 aliphatic carbocycles. The molecule has 6 rings (SSSR count). The summed E-state index contributed by atoms with van der Waals surface area (Å²) in [5.74, 6) is 0.763. The maximum absolute atomic E-state index is 12.8. The summed E-state index contributed by atoms with van der Waals surface area (Å²) in [6, 6.07) is 16.6. The molecule has 9 heteroatoms. The van der Waals surface area contributed by atoms with Crippen LogP contribution in [-0.4, -0.2) is 47.2 Å². The third-order valence-electron chi connectivity index (χ3n) is 7.10. The molecule has 39 heavy (non-hydrogen) atoms. The number of phenolic OH excluding ortho intramolecular Hbond substituents is 2. The molecule has 2 amide bonds. The van der Waals surface area contributed by atoms with Crippen molar-refractivity contribution < 1.29 is 19.7 Å². The summed E-state index contributed by atoms with van der Waals surface area (Å²) in [6.07, 6.45) is 3.47. The van der Waals surface area contributed by atoms with E-state index in [-0.39, 0.29) is 29.2 Å². The minimum Gasteiger partial charge on any atom is -0.508 e. The first-order chi connectivity index (χ1) is 18.7. The average molecular weight is 524 g/mol. The number of benzene rings is 3. The Morgan fingerprint density at radius 2 is 1.82 bits per heavy atom. The summed E-state index contributed by atoms with van der Waals surface area (Å²) in [7, 11) is 0. The Labute approximate surface area is 226 Å². The highest BCUT2D eigenvalue weighted by Crippen LogP contribution is 2.52. The lowest BCUT2D eigenvalue weighted by atomic mass is 9.83. The third kappa shape index (κ3) is 4.46. The van der Waals surface area contributed by atoms with Crippen molar-refractivity contribution in [2.45, 2.75) is 38.5 Å². The first-order valence-electron chi connectivity index (χ1n) is 12.8. The molecule has 0 fully saturated rings. The van der Waals surface area contributed by atoms with Gasteiger partial charge in [0.05, 0.1) is 17.1 Å². The van der Waals surface area contributed by atoms with Crippen LogP contribution in [0.1, 0.15) is 31.9 Å². The molecule has 0 saturated carbocycles. The molecule has 3 aromatic rings. The number of carbonyl (C=O) groups is 1. The van der Waals surface area contributed by atoms with E-state index < -0.39 is 6.03 Å². The first kappa shape index (κ1) is 24.5. The van der Waals surface area contributed by atoms with Gasteiger partial charge in [-0.25, -0.2) is 14.8 Å². The van der Waals surface area contributed by atoms with Gasteiger partial charge in [0, 0.05) is 29.4 Å². The molecule has 3 aromatic carbocycles. The highest BCUT2D eigenvalue weighted by Gasteiger charge is 2.43. The van der Waals surface area contributed by atoms with Gasteiger partial charge in [0.1, 0.15) is 17.5 Å². The quantitative estimate of drug-likeness (QED) is 0.329. The number of ether oxygens (including phenoxy) is 1. The second-order valence-corrected chi connectivity index (χ2v) is 10.6. The van der Waals surface area contributed by atoms with Gasteiger partial charge in [0.15, 0.2) is 0 Å². The molecule has 4 N–H and O–H groups in total. The van der Waals surface area contributed by atoms with Crippen molar-refractivity contribution in [3.63, 3.8) is 0 Å². The van der Waals surface area contributed by atoms with E-state index in [4.69, 9.17) is 9.73 Å². The Morgan fingerprint density at radius 1 is 1.05 bits per heavy atom. The number of rotatable bonds is 4. The minimum absolute atomic E-state index is 0.118. The Hall–Kier alpha value is -4.79. The number of fused-ring (bicyclic) bond motifs is 2. The Morgan fingerprint density at radius 3 is 2.62 bits per heavy atom. The average Bonchev–Trinajstić information content (AvgIpc) is 3.44. The maximum atomic E-state index is 12.8. The summed E-state index contributed by atoms with van der Waals surface area (Å²) in [5.41, 5.74) is 4.94. The van der Waals surface area contributed by atoms with Crippen molar-refractivity contribution in [2.24, 2.45) is 9.98 Å². The molecule has 2 unspecified atom stereocenters. The van der Waals surface area contributed by atoms with E-state index in [2.05, 4.69) is 29.5 Å². The first-order valence-corrected chi connectivity index (χ1v) is 12.8. The monoisotopic (exact) mass is 523 g/mol. The fourth-order valence-electron chi connectivity index (χ4n) is 5.41.